The molecule has 2 aromatic heterocycles. The molecule has 1 unspecified atom stereocenters. The van der Waals surface area contributed by atoms with Crippen molar-refractivity contribution in [2.75, 3.05) is 0 Å². The number of nitrogens with zero attached hydrogens (tertiary/aromatic N) is 1. The molecule has 2 aromatic rings. The van der Waals surface area contributed by atoms with E-state index >= 15 is 0 Å². The largest absolute Gasteiger partial charge is 0.477 e. The molecule has 0 aliphatic carbocycles. The van der Waals surface area contributed by atoms with Gasteiger partial charge in [0.15, 0.2) is 0 Å². The average molecular weight is 280 g/mol. The number of aromatic nitrogens is 2. The van der Waals surface area contributed by atoms with Gasteiger partial charge < -0.3 is 5.11 Å². The molecule has 2 rings (SSSR count). The lowest BCUT2D eigenvalue weighted by Crippen LogP contribution is -2.35. The van der Waals surface area contributed by atoms with Crippen LogP contribution in [0.5, 0.6) is 0 Å². The lowest BCUT2D eigenvalue weighted by Gasteiger charge is -2.16. The summed E-state index contributed by atoms with van der Waals surface area (Å²) < 4.78 is 1.26. The predicted molar refractivity (Wildman–Crippen MR) is 71.0 cm³/mol. The lowest BCUT2D eigenvalue weighted by atomic mass is 10.2. The maximum Gasteiger partial charge on any atom is 0.342 e. The molecule has 0 amide bonds. The third-order valence-electron chi connectivity index (χ3n) is 2.79. The summed E-state index contributed by atoms with van der Waals surface area (Å²) in [6, 6.07) is 3.45. The van der Waals surface area contributed by atoms with Gasteiger partial charge in [0.25, 0.3) is 5.56 Å². The summed E-state index contributed by atoms with van der Waals surface area (Å²) in [5.41, 5.74) is -1.92. The van der Waals surface area contributed by atoms with Crippen molar-refractivity contribution < 1.29 is 9.90 Å². The van der Waals surface area contributed by atoms with E-state index in [9.17, 15) is 14.4 Å². The minimum absolute atomic E-state index is 0.276. The van der Waals surface area contributed by atoms with Crippen LogP contribution in [-0.2, 0) is 0 Å². The summed E-state index contributed by atoms with van der Waals surface area (Å²) in [7, 11) is 0. The first kappa shape index (κ1) is 13.3. The van der Waals surface area contributed by atoms with E-state index in [4.69, 9.17) is 5.11 Å². The van der Waals surface area contributed by atoms with Gasteiger partial charge in [0.1, 0.15) is 5.56 Å². The van der Waals surface area contributed by atoms with Crippen LogP contribution in [-0.4, -0.2) is 20.6 Å². The second kappa shape index (κ2) is 5.23. The third-order valence-corrected chi connectivity index (χ3v) is 3.77. The van der Waals surface area contributed by atoms with Crippen LogP contribution in [0.3, 0.4) is 0 Å². The standard InChI is InChI=1S/C12H12N2O4S/c1-2-8(9-4-3-5-19-9)14-6-7(11(16)17)10(15)13-12(14)18/h3-6,8H,2H2,1H3,(H,16,17)(H,13,15,18). The minimum atomic E-state index is -1.35. The van der Waals surface area contributed by atoms with Gasteiger partial charge in [-0.05, 0) is 17.9 Å². The summed E-state index contributed by atoms with van der Waals surface area (Å²) in [6.45, 7) is 1.89. The Kier molecular flexibility index (Phi) is 3.66. The zero-order chi connectivity index (χ0) is 14.0. The van der Waals surface area contributed by atoms with Crippen LogP contribution in [0.25, 0.3) is 0 Å². The first-order valence-corrected chi connectivity index (χ1v) is 6.54. The summed E-state index contributed by atoms with van der Waals surface area (Å²) >= 11 is 1.48. The number of carboxylic acids is 1. The van der Waals surface area contributed by atoms with E-state index in [1.807, 2.05) is 29.4 Å². The highest BCUT2D eigenvalue weighted by molar-refractivity contribution is 7.10. The molecular formula is C12H12N2O4S. The van der Waals surface area contributed by atoms with Crippen molar-refractivity contribution in [2.45, 2.75) is 19.4 Å². The number of hydrogen-bond donors (Lipinski definition) is 2. The highest BCUT2D eigenvalue weighted by Crippen LogP contribution is 2.24. The molecule has 6 nitrogen and oxygen atoms in total. The van der Waals surface area contributed by atoms with E-state index in [-0.39, 0.29) is 6.04 Å². The van der Waals surface area contributed by atoms with Crippen LogP contribution in [0.2, 0.25) is 0 Å². The molecule has 7 heteroatoms. The van der Waals surface area contributed by atoms with Crippen molar-refractivity contribution in [3.63, 3.8) is 0 Å². The molecule has 0 aliphatic rings. The first-order valence-electron chi connectivity index (χ1n) is 5.66. The molecule has 0 bridgehead atoms. The van der Waals surface area contributed by atoms with Crippen LogP contribution in [0.15, 0.2) is 33.3 Å². The number of thiophene rings is 1. The summed E-state index contributed by atoms with van der Waals surface area (Å²) in [6.07, 6.45) is 1.73. The number of rotatable bonds is 4. The highest BCUT2D eigenvalue weighted by atomic mass is 32.1. The molecule has 0 radical (unpaired) electrons. The maximum absolute atomic E-state index is 11.8. The van der Waals surface area contributed by atoms with E-state index in [1.165, 1.54) is 15.9 Å². The normalized spacial score (nSPS) is 12.3. The monoisotopic (exact) mass is 280 g/mol. The SMILES string of the molecule is CCC(c1cccs1)n1cc(C(=O)O)c(=O)[nH]c1=O. The highest BCUT2D eigenvalue weighted by Gasteiger charge is 2.18. The molecule has 0 aromatic carbocycles. The number of nitrogens with one attached hydrogen (secondary N) is 1. The molecule has 0 saturated carbocycles. The van der Waals surface area contributed by atoms with Gasteiger partial charge in [-0.25, -0.2) is 9.59 Å². The zero-order valence-corrected chi connectivity index (χ0v) is 10.9. The van der Waals surface area contributed by atoms with E-state index in [1.54, 1.807) is 0 Å². The fourth-order valence-electron chi connectivity index (χ4n) is 1.89. The molecule has 0 saturated heterocycles. The van der Waals surface area contributed by atoms with Crippen molar-refractivity contribution >= 4 is 17.3 Å². The Bertz CT molecular complexity index is 699. The van der Waals surface area contributed by atoms with Gasteiger partial charge in [-0.15, -0.1) is 11.3 Å². The molecule has 2 heterocycles. The summed E-state index contributed by atoms with van der Waals surface area (Å²) in [4.78, 5) is 37.1. The Balaban J connectivity index is 2.61. The van der Waals surface area contributed by atoms with Crippen molar-refractivity contribution in [2.24, 2.45) is 0 Å². The van der Waals surface area contributed by atoms with Gasteiger partial charge in [-0.3, -0.25) is 14.3 Å². The van der Waals surface area contributed by atoms with E-state index in [2.05, 4.69) is 0 Å². The van der Waals surface area contributed by atoms with Crippen LogP contribution >= 0.6 is 11.3 Å². The molecule has 0 spiro atoms. The smallest absolute Gasteiger partial charge is 0.342 e. The number of carbonyl (C=O) groups is 1. The molecule has 100 valence electrons. The predicted octanol–water partition coefficient (Wildman–Crippen LogP) is 1.30. The Morgan fingerprint density at radius 2 is 2.26 bits per heavy atom. The van der Waals surface area contributed by atoms with Gasteiger partial charge in [0, 0.05) is 11.1 Å². The van der Waals surface area contributed by atoms with Gasteiger partial charge in [-0.1, -0.05) is 13.0 Å². The molecule has 1 atom stereocenters. The Labute approximate surface area is 112 Å². The van der Waals surface area contributed by atoms with Gasteiger partial charge in [0.05, 0.1) is 6.04 Å². The van der Waals surface area contributed by atoms with Crippen LogP contribution in [0.1, 0.15) is 34.6 Å². The Morgan fingerprint density at radius 3 is 2.79 bits per heavy atom. The van der Waals surface area contributed by atoms with Crippen molar-refractivity contribution in [3.05, 3.63) is 55.0 Å². The minimum Gasteiger partial charge on any atom is -0.477 e. The second-order valence-corrected chi connectivity index (χ2v) is 4.93. The second-order valence-electron chi connectivity index (χ2n) is 3.95. The third kappa shape index (κ3) is 2.50. The average Bonchev–Trinajstić information content (AvgIpc) is 2.86. The fourth-order valence-corrected chi connectivity index (χ4v) is 2.79. The maximum atomic E-state index is 11.8. The lowest BCUT2D eigenvalue weighted by molar-refractivity contribution is 0.0693. The number of aromatic carboxylic acids is 1. The van der Waals surface area contributed by atoms with Gasteiger partial charge >= 0.3 is 11.7 Å². The van der Waals surface area contributed by atoms with E-state index in [0.29, 0.717) is 6.42 Å². The molecule has 19 heavy (non-hydrogen) atoms. The first-order chi connectivity index (χ1) is 9.04. The molecule has 0 aliphatic heterocycles. The zero-order valence-electron chi connectivity index (χ0n) is 10.1. The number of H-pyrrole nitrogens is 1. The van der Waals surface area contributed by atoms with Crippen molar-refractivity contribution in [3.8, 4) is 0 Å². The topological polar surface area (TPSA) is 92.2 Å². The summed E-state index contributed by atoms with van der Waals surface area (Å²) in [5, 5.41) is 10.8. The molecule has 0 fully saturated rings. The van der Waals surface area contributed by atoms with Crippen LogP contribution in [0.4, 0.5) is 0 Å². The van der Waals surface area contributed by atoms with Gasteiger partial charge in [-0.2, -0.15) is 0 Å². The van der Waals surface area contributed by atoms with Gasteiger partial charge in [0.2, 0.25) is 0 Å². The summed E-state index contributed by atoms with van der Waals surface area (Å²) in [5.74, 6) is -1.35. The number of aromatic amines is 1. The quantitative estimate of drug-likeness (QED) is 0.882. The number of hydrogen-bond acceptors (Lipinski definition) is 4. The van der Waals surface area contributed by atoms with Crippen LogP contribution in [0, 0.1) is 0 Å². The Hall–Kier alpha value is -2.15. The van der Waals surface area contributed by atoms with Crippen LogP contribution < -0.4 is 11.2 Å². The fraction of sp³-hybridized carbons (Fsp3) is 0.250. The molecule has 2 N–H and O–H groups in total. The van der Waals surface area contributed by atoms with E-state index < -0.39 is 22.8 Å². The number of carboxylic acid groups (broad SMARTS) is 1. The molecular weight excluding hydrogens is 268 g/mol. The van der Waals surface area contributed by atoms with Crippen molar-refractivity contribution in [1.82, 2.24) is 9.55 Å². The Morgan fingerprint density at radius 1 is 1.53 bits per heavy atom. The van der Waals surface area contributed by atoms with E-state index in [0.717, 1.165) is 11.1 Å². The van der Waals surface area contributed by atoms with Crippen molar-refractivity contribution in [1.29, 1.82) is 0 Å².